The molecule has 150 valence electrons. The summed E-state index contributed by atoms with van der Waals surface area (Å²) in [6.07, 6.45) is 8.20. The molecule has 1 unspecified atom stereocenters. The molecular formula is C24H28N4O. The van der Waals surface area contributed by atoms with Crippen molar-refractivity contribution in [3.05, 3.63) is 71.7 Å². The van der Waals surface area contributed by atoms with Crippen molar-refractivity contribution in [2.45, 2.75) is 45.6 Å². The van der Waals surface area contributed by atoms with Crippen LogP contribution in [0.25, 0.3) is 11.3 Å². The fraction of sp³-hybridized carbons (Fsp3) is 0.375. The number of aryl methyl sites for hydroxylation is 1. The Kier molecular flexibility index (Phi) is 5.74. The van der Waals surface area contributed by atoms with Gasteiger partial charge in [-0.05, 0) is 60.9 Å². The van der Waals surface area contributed by atoms with Gasteiger partial charge in [0, 0.05) is 18.0 Å². The molecule has 0 spiro atoms. The second-order valence-corrected chi connectivity index (χ2v) is 8.24. The zero-order valence-corrected chi connectivity index (χ0v) is 17.1. The molecule has 0 aliphatic heterocycles. The Bertz CT molecular complexity index is 958. The maximum Gasteiger partial charge on any atom is 0.269 e. The molecule has 1 atom stereocenters. The summed E-state index contributed by atoms with van der Waals surface area (Å²) >= 11 is 0. The van der Waals surface area contributed by atoms with Crippen LogP contribution in [-0.4, -0.2) is 21.1 Å². The van der Waals surface area contributed by atoms with Crippen LogP contribution in [0.15, 0.2) is 54.9 Å². The molecule has 1 fully saturated rings. The number of benzene rings is 1. The molecule has 1 saturated carbocycles. The highest BCUT2D eigenvalue weighted by atomic mass is 16.2. The van der Waals surface area contributed by atoms with Crippen LogP contribution in [0, 0.1) is 18.8 Å². The van der Waals surface area contributed by atoms with E-state index in [0.29, 0.717) is 11.6 Å². The molecular weight excluding hydrogens is 360 g/mol. The van der Waals surface area contributed by atoms with Crippen molar-refractivity contribution in [2.24, 2.45) is 11.8 Å². The minimum absolute atomic E-state index is 0.0151. The number of amides is 1. The molecule has 0 saturated heterocycles. The molecule has 1 aliphatic rings. The van der Waals surface area contributed by atoms with Crippen LogP contribution < -0.4 is 5.32 Å². The number of carbonyl (C=O) groups is 1. The second kappa shape index (κ2) is 8.60. The summed E-state index contributed by atoms with van der Waals surface area (Å²) in [4.78, 5) is 17.2. The predicted octanol–water partition coefficient (Wildman–Crippen LogP) is 5.08. The number of nitrogens with zero attached hydrogens (tertiary/aromatic N) is 2. The minimum atomic E-state index is -0.112. The van der Waals surface area contributed by atoms with Crippen molar-refractivity contribution in [1.29, 1.82) is 0 Å². The van der Waals surface area contributed by atoms with Gasteiger partial charge in [0.1, 0.15) is 5.69 Å². The molecule has 5 heteroatoms. The van der Waals surface area contributed by atoms with E-state index in [1.165, 1.54) is 24.0 Å². The van der Waals surface area contributed by atoms with E-state index in [2.05, 4.69) is 58.6 Å². The SMILES string of the molecule is Cc1ccccc1C(NC(=O)c1cc(-c2cccnc2)n[nH]1)C1CCC(C)CC1. The molecule has 2 N–H and O–H groups in total. The smallest absolute Gasteiger partial charge is 0.269 e. The monoisotopic (exact) mass is 388 g/mol. The van der Waals surface area contributed by atoms with E-state index < -0.39 is 0 Å². The number of hydrogen-bond acceptors (Lipinski definition) is 3. The zero-order chi connectivity index (χ0) is 20.2. The van der Waals surface area contributed by atoms with E-state index in [1.54, 1.807) is 18.5 Å². The first kappa shape index (κ1) is 19.4. The number of nitrogens with one attached hydrogen (secondary N) is 2. The lowest BCUT2D eigenvalue weighted by molar-refractivity contribution is 0.0903. The maximum atomic E-state index is 13.1. The van der Waals surface area contributed by atoms with Gasteiger partial charge < -0.3 is 5.32 Å². The minimum Gasteiger partial charge on any atom is -0.344 e. The summed E-state index contributed by atoms with van der Waals surface area (Å²) in [5.74, 6) is 1.12. The fourth-order valence-corrected chi connectivity index (χ4v) is 4.32. The summed E-state index contributed by atoms with van der Waals surface area (Å²) in [5, 5.41) is 10.5. The number of H-pyrrole nitrogens is 1. The van der Waals surface area contributed by atoms with Crippen LogP contribution in [0.3, 0.4) is 0 Å². The van der Waals surface area contributed by atoms with E-state index in [9.17, 15) is 4.79 Å². The lowest BCUT2D eigenvalue weighted by Crippen LogP contribution is -2.35. The van der Waals surface area contributed by atoms with Gasteiger partial charge in [-0.3, -0.25) is 14.9 Å². The molecule has 1 amide bonds. The Morgan fingerprint density at radius 2 is 1.93 bits per heavy atom. The molecule has 3 aromatic rings. The molecule has 1 aliphatic carbocycles. The number of hydrogen-bond donors (Lipinski definition) is 2. The molecule has 0 bridgehead atoms. The Hall–Kier alpha value is -2.95. The zero-order valence-electron chi connectivity index (χ0n) is 17.1. The van der Waals surface area contributed by atoms with Crippen molar-refractivity contribution in [1.82, 2.24) is 20.5 Å². The number of pyridine rings is 1. The quantitative estimate of drug-likeness (QED) is 0.640. The van der Waals surface area contributed by atoms with Crippen LogP contribution in [0.5, 0.6) is 0 Å². The van der Waals surface area contributed by atoms with Crippen molar-refractivity contribution >= 4 is 5.91 Å². The normalized spacial score (nSPS) is 20.2. The summed E-state index contributed by atoms with van der Waals surface area (Å²) in [5.41, 5.74) is 4.53. The number of aromatic amines is 1. The molecule has 29 heavy (non-hydrogen) atoms. The number of rotatable bonds is 5. The van der Waals surface area contributed by atoms with Gasteiger partial charge >= 0.3 is 0 Å². The Balaban J connectivity index is 1.57. The molecule has 1 aromatic carbocycles. The van der Waals surface area contributed by atoms with Crippen LogP contribution in [-0.2, 0) is 0 Å². The van der Waals surface area contributed by atoms with Crippen LogP contribution in [0.4, 0.5) is 0 Å². The third kappa shape index (κ3) is 4.39. The fourth-order valence-electron chi connectivity index (χ4n) is 4.32. The van der Waals surface area contributed by atoms with Gasteiger partial charge in [0.25, 0.3) is 5.91 Å². The van der Waals surface area contributed by atoms with E-state index in [0.717, 1.165) is 30.0 Å². The predicted molar refractivity (Wildman–Crippen MR) is 114 cm³/mol. The average molecular weight is 389 g/mol. The van der Waals surface area contributed by atoms with Gasteiger partial charge in [-0.15, -0.1) is 0 Å². The Morgan fingerprint density at radius 3 is 2.66 bits per heavy atom. The van der Waals surface area contributed by atoms with Crippen molar-refractivity contribution in [3.63, 3.8) is 0 Å². The standard InChI is InChI=1S/C24H28N4O/c1-16-9-11-18(12-10-16)23(20-8-4-3-6-17(20)2)26-24(29)22-14-21(27-28-22)19-7-5-13-25-15-19/h3-8,13-16,18,23H,9-12H2,1-2H3,(H,26,29)(H,27,28). The molecule has 0 radical (unpaired) electrons. The van der Waals surface area contributed by atoms with Gasteiger partial charge in [-0.2, -0.15) is 5.10 Å². The van der Waals surface area contributed by atoms with Gasteiger partial charge in [-0.25, -0.2) is 0 Å². The van der Waals surface area contributed by atoms with E-state index >= 15 is 0 Å². The third-order valence-electron chi connectivity index (χ3n) is 6.12. The lowest BCUT2D eigenvalue weighted by atomic mass is 9.76. The van der Waals surface area contributed by atoms with E-state index in [-0.39, 0.29) is 11.9 Å². The van der Waals surface area contributed by atoms with Crippen molar-refractivity contribution in [2.75, 3.05) is 0 Å². The average Bonchev–Trinajstić information content (AvgIpc) is 3.24. The van der Waals surface area contributed by atoms with E-state index in [1.807, 2.05) is 12.1 Å². The van der Waals surface area contributed by atoms with Gasteiger partial charge in [0.15, 0.2) is 0 Å². The molecule has 2 heterocycles. The summed E-state index contributed by atoms with van der Waals surface area (Å²) in [6.45, 7) is 4.44. The summed E-state index contributed by atoms with van der Waals surface area (Å²) in [7, 11) is 0. The highest BCUT2D eigenvalue weighted by Gasteiger charge is 2.30. The van der Waals surface area contributed by atoms with Gasteiger partial charge in [0.05, 0.1) is 11.7 Å². The first-order chi connectivity index (χ1) is 14.1. The van der Waals surface area contributed by atoms with Crippen molar-refractivity contribution < 1.29 is 4.79 Å². The lowest BCUT2D eigenvalue weighted by Gasteiger charge is -2.34. The molecule has 2 aromatic heterocycles. The molecule has 5 nitrogen and oxygen atoms in total. The molecule has 4 rings (SSSR count). The highest BCUT2D eigenvalue weighted by molar-refractivity contribution is 5.93. The first-order valence-corrected chi connectivity index (χ1v) is 10.4. The Labute approximate surface area is 172 Å². The van der Waals surface area contributed by atoms with Gasteiger partial charge in [0.2, 0.25) is 0 Å². The number of aromatic nitrogens is 3. The Morgan fingerprint density at radius 1 is 1.14 bits per heavy atom. The van der Waals surface area contributed by atoms with Crippen LogP contribution >= 0.6 is 0 Å². The third-order valence-corrected chi connectivity index (χ3v) is 6.12. The number of carbonyl (C=O) groups excluding carboxylic acids is 1. The first-order valence-electron chi connectivity index (χ1n) is 10.4. The highest BCUT2D eigenvalue weighted by Crippen LogP contribution is 2.37. The van der Waals surface area contributed by atoms with Crippen molar-refractivity contribution in [3.8, 4) is 11.3 Å². The summed E-state index contributed by atoms with van der Waals surface area (Å²) in [6, 6.07) is 14.0. The summed E-state index contributed by atoms with van der Waals surface area (Å²) < 4.78 is 0. The largest absolute Gasteiger partial charge is 0.344 e. The second-order valence-electron chi connectivity index (χ2n) is 8.24. The maximum absolute atomic E-state index is 13.1. The van der Waals surface area contributed by atoms with Crippen LogP contribution in [0.1, 0.15) is 60.3 Å². The van der Waals surface area contributed by atoms with Crippen LogP contribution in [0.2, 0.25) is 0 Å². The van der Waals surface area contributed by atoms with Gasteiger partial charge in [-0.1, -0.05) is 44.0 Å². The topological polar surface area (TPSA) is 70.7 Å². The van der Waals surface area contributed by atoms with E-state index in [4.69, 9.17) is 0 Å².